The number of nitrogens with one attached hydrogen (secondary N) is 2. The van der Waals surface area contributed by atoms with E-state index in [1.54, 1.807) is 23.8 Å². The van der Waals surface area contributed by atoms with Gasteiger partial charge in [-0.25, -0.2) is 4.98 Å². The number of amides is 1. The van der Waals surface area contributed by atoms with Crippen molar-refractivity contribution in [2.24, 2.45) is 0 Å². The summed E-state index contributed by atoms with van der Waals surface area (Å²) in [6, 6.07) is 5.49. The maximum atomic E-state index is 13.1. The number of rotatable bonds is 3. The molecule has 3 heterocycles. The zero-order valence-electron chi connectivity index (χ0n) is 16.1. The van der Waals surface area contributed by atoms with Crippen LogP contribution in [-0.4, -0.2) is 28.5 Å². The van der Waals surface area contributed by atoms with E-state index in [0.29, 0.717) is 16.3 Å². The van der Waals surface area contributed by atoms with Gasteiger partial charge in [-0.2, -0.15) is 0 Å². The van der Waals surface area contributed by atoms with Crippen LogP contribution in [0.25, 0.3) is 10.2 Å². The number of aryl methyl sites for hydroxylation is 2. The molecule has 29 heavy (non-hydrogen) atoms. The Kier molecular flexibility index (Phi) is 6.63. The summed E-state index contributed by atoms with van der Waals surface area (Å²) in [4.78, 5) is 30.4. The highest BCUT2D eigenvalue weighted by Crippen LogP contribution is 2.35. The van der Waals surface area contributed by atoms with E-state index in [4.69, 9.17) is 11.6 Å². The molecule has 0 saturated carbocycles. The SMILES string of the molecule is Cc1nc2ccc(NC(=O)c3c(C)ccn(C4CCNCC4)c3=O)c(Cl)c2s1.Cl. The summed E-state index contributed by atoms with van der Waals surface area (Å²) in [5, 5.41) is 7.47. The Bertz CT molecular complexity index is 1120. The molecule has 0 atom stereocenters. The number of pyridine rings is 1. The summed E-state index contributed by atoms with van der Waals surface area (Å²) in [6.07, 6.45) is 3.54. The Hall–Kier alpha value is -1.93. The number of thiazole rings is 1. The van der Waals surface area contributed by atoms with Crippen molar-refractivity contribution in [3.63, 3.8) is 0 Å². The van der Waals surface area contributed by atoms with Crippen molar-refractivity contribution in [1.82, 2.24) is 14.9 Å². The number of nitrogens with zero attached hydrogens (tertiary/aromatic N) is 2. The molecule has 1 aliphatic heterocycles. The molecule has 1 fully saturated rings. The van der Waals surface area contributed by atoms with Crippen molar-refractivity contribution in [3.05, 3.63) is 55.9 Å². The summed E-state index contributed by atoms with van der Waals surface area (Å²) in [6.45, 7) is 5.43. The predicted molar refractivity (Wildman–Crippen MR) is 121 cm³/mol. The highest BCUT2D eigenvalue weighted by Gasteiger charge is 2.22. The molecule has 0 aliphatic carbocycles. The molecule has 2 aromatic heterocycles. The largest absolute Gasteiger partial charge is 0.320 e. The summed E-state index contributed by atoms with van der Waals surface area (Å²) in [7, 11) is 0. The summed E-state index contributed by atoms with van der Waals surface area (Å²) in [5.41, 5.74) is 1.85. The minimum absolute atomic E-state index is 0. The van der Waals surface area contributed by atoms with E-state index in [1.807, 2.05) is 19.1 Å². The lowest BCUT2D eigenvalue weighted by Crippen LogP contribution is -2.37. The zero-order chi connectivity index (χ0) is 19.8. The van der Waals surface area contributed by atoms with Gasteiger partial charge >= 0.3 is 0 Å². The average molecular weight is 453 g/mol. The molecule has 1 amide bonds. The Morgan fingerprint density at radius 1 is 1.28 bits per heavy atom. The number of hydrogen-bond donors (Lipinski definition) is 2. The zero-order valence-corrected chi connectivity index (χ0v) is 18.5. The fraction of sp³-hybridized carbons (Fsp3) is 0.350. The highest BCUT2D eigenvalue weighted by molar-refractivity contribution is 7.19. The lowest BCUT2D eigenvalue weighted by molar-refractivity contribution is 0.102. The lowest BCUT2D eigenvalue weighted by Gasteiger charge is -2.25. The van der Waals surface area contributed by atoms with Gasteiger partial charge in [0.2, 0.25) is 0 Å². The molecule has 3 aromatic rings. The second-order valence-corrected chi connectivity index (χ2v) is 8.61. The number of benzene rings is 1. The molecule has 0 spiro atoms. The van der Waals surface area contributed by atoms with Gasteiger partial charge in [0.1, 0.15) is 5.56 Å². The average Bonchev–Trinajstić information content (AvgIpc) is 3.06. The Balaban J connectivity index is 0.00000240. The molecule has 1 aromatic carbocycles. The topological polar surface area (TPSA) is 76.0 Å². The van der Waals surface area contributed by atoms with Gasteiger partial charge in [0.05, 0.1) is 25.9 Å². The molecule has 1 aliphatic rings. The second kappa shape index (κ2) is 8.83. The number of aromatic nitrogens is 2. The van der Waals surface area contributed by atoms with Crippen LogP contribution in [0, 0.1) is 13.8 Å². The van der Waals surface area contributed by atoms with E-state index >= 15 is 0 Å². The van der Waals surface area contributed by atoms with Crippen LogP contribution in [0.3, 0.4) is 0 Å². The first kappa shape index (κ1) is 21.8. The maximum absolute atomic E-state index is 13.1. The fourth-order valence-corrected chi connectivity index (χ4v) is 4.82. The van der Waals surface area contributed by atoms with E-state index in [9.17, 15) is 9.59 Å². The van der Waals surface area contributed by atoms with Crippen LogP contribution in [0.4, 0.5) is 5.69 Å². The summed E-state index contributed by atoms with van der Waals surface area (Å²) < 4.78 is 2.52. The molecule has 4 rings (SSSR count). The molecule has 0 bridgehead atoms. The van der Waals surface area contributed by atoms with Gasteiger partial charge in [-0.3, -0.25) is 9.59 Å². The van der Waals surface area contributed by atoms with Gasteiger partial charge in [-0.15, -0.1) is 23.7 Å². The third-order valence-corrected chi connectivity index (χ3v) is 6.62. The van der Waals surface area contributed by atoms with Crippen molar-refractivity contribution in [2.75, 3.05) is 18.4 Å². The van der Waals surface area contributed by atoms with Gasteiger partial charge in [0, 0.05) is 12.2 Å². The highest BCUT2D eigenvalue weighted by atomic mass is 35.5. The molecule has 6 nitrogen and oxygen atoms in total. The molecular formula is C20H22Cl2N4O2S. The molecule has 2 N–H and O–H groups in total. The first-order valence-corrected chi connectivity index (χ1v) is 10.4. The van der Waals surface area contributed by atoms with Crippen LogP contribution >= 0.6 is 35.3 Å². The number of carbonyl (C=O) groups excluding carboxylic acids is 1. The van der Waals surface area contributed by atoms with Gasteiger partial charge < -0.3 is 15.2 Å². The van der Waals surface area contributed by atoms with Crippen LogP contribution in [0.15, 0.2) is 29.2 Å². The number of anilines is 1. The maximum Gasteiger partial charge on any atom is 0.263 e. The van der Waals surface area contributed by atoms with E-state index in [0.717, 1.165) is 41.2 Å². The first-order chi connectivity index (χ1) is 13.5. The van der Waals surface area contributed by atoms with Gasteiger partial charge in [0.15, 0.2) is 0 Å². The van der Waals surface area contributed by atoms with Crippen molar-refractivity contribution in [2.45, 2.75) is 32.7 Å². The number of piperidine rings is 1. The van der Waals surface area contributed by atoms with Crippen LogP contribution in [0.5, 0.6) is 0 Å². The minimum atomic E-state index is -0.437. The Labute approximate surface area is 183 Å². The Morgan fingerprint density at radius 3 is 2.72 bits per heavy atom. The quantitative estimate of drug-likeness (QED) is 0.619. The van der Waals surface area contributed by atoms with Gasteiger partial charge in [-0.05, 0) is 63.5 Å². The van der Waals surface area contributed by atoms with Crippen molar-refractivity contribution in [1.29, 1.82) is 0 Å². The van der Waals surface area contributed by atoms with E-state index in [1.165, 1.54) is 11.3 Å². The van der Waals surface area contributed by atoms with Crippen molar-refractivity contribution < 1.29 is 4.79 Å². The van der Waals surface area contributed by atoms with Crippen LogP contribution in [-0.2, 0) is 0 Å². The number of hydrogen-bond acceptors (Lipinski definition) is 5. The third-order valence-electron chi connectivity index (χ3n) is 5.11. The molecule has 154 valence electrons. The normalized spacial score (nSPS) is 14.6. The lowest BCUT2D eigenvalue weighted by atomic mass is 10.0. The fourth-order valence-electron chi connectivity index (χ4n) is 3.64. The van der Waals surface area contributed by atoms with Gasteiger partial charge in [-0.1, -0.05) is 11.6 Å². The first-order valence-electron chi connectivity index (χ1n) is 9.25. The van der Waals surface area contributed by atoms with Crippen LogP contribution in [0.2, 0.25) is 5.02 Å². The monoisotopic (exact) mass is 452 g/mol. The standard InChI is InChI=1S/C20H21ClN4O2S.ClH/c1-11-7-10-25(13-5-8-22-9-6-13)20(27)16(11)19(26)24-14-3-4-15-18(17(14)21)28-12(2)23-15;/h3-4,7,10,13,22H,5-6,8-9H2,1-2H3,(H,24,26);1H. The summed E-state index contributed by atoms with van der Waals surface area (Å²) >= 11 is 7.96. The molecule has 0 unspecified atom stereocenters. The number of halogens is 2. The smallest absolute Gasteiger partial charge is 0.263 e. The van der Waals surface area contributed by atoms with Crippen LogP contribution in [0.1, 0.15) is 39.8 Å². The van der Waals surface area contributed by atoms with Crippen molar-refractivity contribution >= 4 is 57.2 Å². The predicted octanol–water partition coefficient (Wildman–Crippen LogP) is 4.33. The molecule has 1 saturated heterocycles. The number of fused-ring (bicyclic) bond motifs is 1. The van der Waals surface area contributed by atoms with Crippen molar-refractivity contribution in [3.8, 4) is 0 Å². The van der Waals surface area contributed by atoms with Crippen LogP contribution < -0.4 is 16.2 Å². The minimum Gasteiger partial charge on any atom is -0.320 e. The van der Waals surface area contributed by atoms with Gasteiger partial charge in [0.25, 0.3) is 11.5 Å². The molecule has 9 heteroatoms. The molecule has 0 radical (unpaired) electrons. The molecular weight excluding hydrogens is 431 g/mol. The Morgan fingerprint density at radius 2 is 2.00 bits per heavy atom. The number of carbonyl (C=O) groups is 1. The second-order valence-electron chi connectivity index (χ2n) is 7.03. The summed E-state index contributed by atoms with van der Waals surface area (Å²) in [5.74, 6) is -0.437. The van der Waals surface area contributed by atoms with E-state index < -0.39 is 5.91 Å². The third kappa shape index (κ3) is 4.19. The van der Waals surface area contributed by atoms with E-state index in [2.05, 4.69) is 15.6 Å². The van der Waals surface area contributed by atoms with E-state index in [-0.39, 0.29) is 29.6 Å².